The normalized spacial score (nSPS) is 12.0. The number of hydrogen-bond acceptors (Lipinski definition) is 4. The number of aromatic nitrogens is 4. The molecule has 2 N–H and O–H groups in total. The predicted octanol–water partition coefficient (Wildman–Crippen LogP) is 2.29. The van der Waals surface area contributed by atoms with E-state index in [1.807, 2.05) is 54.6 Å². The van der Waals surface area contributed by atoms with Gasteiger partial charge in [-0.05, 0) is 24.1 Å². The Balaban J connectivity index is 1.56. The molecule has 0 radical (unpaired) electrons. The van der Waals surface area contributed by atoms with E-state index in [0.29, 0.717) is 18.1 Å². The van der Waals surface area contributed by atoms with Gasteiger partial charge in [0.05, 0.1) is 23.3 Å². The van der Waals surface area contributed by atoms with Crippen molar-refractivity contribution < 1.29 is 9.59 Å². The van der Waals surface area contributed by atoms with Gasteiger partial charge in [-0.25, -0.2) is 9.97 Å². The van der Waals surface area contributed by atoms with Crippen LogP contribution in [-0.4, -0.2) is 37.8 Å². The third-order valence-corrected chi connectivity index (χ3v) is 4.26. The number of fused-ring (bicyclic) bond motifs is 1. The average Bonchev–Trinajstić information content (AvgIpc) is 3.34. The third kappa shape index (κ3) is 3.48. The Hall–Kier alpha value is -3.74. The quantitative estimate of drug-likeness (QED) is 0.517. The fraction of sp³-hybridized carbons (Fsp3) is 0.100. The molecule has 134 valence electrons. The van der Waals surface area contributed by atoms with Crippen LogP contribution in [0.1, 0.15) is 16.1 Å². The summed E-state index contributed by atoms with van der Waals surface area (Å²) in [6.07, 6.45) is 4.13. The first-order valence-corrected chi connectivity index (χ1v) is 8.52. The molecule has 2 aromatic heterocycles. The molecule has 4 rings (SSSR count). The van der Waals surface area contributed by atoms with Crippen LogP contribution in [0, 0.1) is 0 Å². The SMILES string of the molecule is O=CC(Cc1ccccc1)NC(=O)c1cncn1-c1nc2ccccc2[nH]1. The van der Waals surface area contributed by atoms with Crippen LogP contribution < -0.4 is 5.32 Å². The number of aromatic amines is 1. The molecule has 0 fully saturated rings. The van der Waals surface area contributed by atoms with E-state index < -0.39 is 6.04 Å². The second-order valence-corrected chi connectivity index (χ2v) is 6.13. The standard InChI is InChI=1S/C20H17N5O2/c26-12-15(10-14-6-2-1-3-7-14)22-19(27)18-11-21-13-25(18)20-23-16-8-4-5-9-17(16)24-20/h1-9,11-13,15H,10H2,(H,22,27)(H,23,24). The Morgan fingerprint density at radius 3 is 2.70 bits per heavy atom. The molecule has 4 aromatic rings. The number of benzene rings is 2. The van der Waals surface area contributed by atoms with Crippen molar-refractivity contribution in [1.29, 1.82) is 0 Å². The molecule has 27 heavy (non-hydrogen) atoms. The molecule has 7 heteroatoms. The van der Waals surface area contributed by atoms with Crippen molar-refractivity contribution in [2.45, 2.75) is 12.5 Å². The molecule has 0 spiro atoms. The minimum absolute atomic E-state index is 0.300. The lowest BCUT2D eigenvalue weighted by atomic mass is 10.1. The van der Waals surface area contributed by atoms with Crippen LogP contribution in [0.2, 0.25) is 0 Å². The van der Waals surface area contributed by atoms with Crippen molar-refractivity contribution in [3.63, 3.8) is 0 Å². The van der Waals surface area contributed by atoms with Gasteiger partial charge in [-0.1, -0.05) is 42.5 Å². The van der Waals surface area contributed by atoms with Crippen molar-refractivity contribution in [1.82, 2.24) is 24.8 Å². The second-order valence-electron chi connectivity index (χ2n) is 6.13. The van der Waals surface area contributed by atoms with Gasteiger partial charge in [0, 0.05) is 0 Å². The number of hydrogen-bond donors (Lipinski definition) is 2. The molecule has 1 unspecified atom stereocenters. The predicted molar refractivity (Wildman–Crippen MR) is 101 cm³/mol. The Labute approximate surface area is 155 Å². The van der Waals surface area contributed by atoms with Crippen LogP contribution in [0.3, 0.4) is 0 Å². The molecular weight excluding hydrogens is 342 g/mol. The number of nitrogens with zero attached hydrogens (tertiary/aromatic N) is 3. The van der Waals surface area contributed by atoms with Crippen LogP contribution in [0.5, 0.6) is 0 Å². The number of carbonyl (C=O) groups is 2. The summed E-state index contributed by atoms with van der Waals surface area (Å²) in [5, 5.41) is 2.75. The lowest BCUT2D eigenvalue weighted by Gasteiger charge is -2.13. The molecule has 0 aliphatic carbocycles. The maximum absolute atomic E-state index is 12.7. The summed E-state index contributed by atoms with van der Waals surface area (Å²) in [6.45, 7) is 0. The van der Waals surface area contributed by atoms with Gasteiger partial charge in [0.15, 0.2) is 0 Å². The van der Waals surface area contributed by atoms with Crippen molar-refractivity contribution in [3.05, 3.63) is 78.4 Å². The molecule has 0 aliphatic heterocycles. The Morgan fingerprint density at radius 1 is 1.15 bits per heavy atom. The molecule has 0 saturated heterocycles. The molecule has 2 aromatic carbocycles. The summed E-state index contributed by atoms with van der Waals surface area (Å²) >= 11 is 0. The summed E-state index contributed by atoms with van der Waals surface area (Å²) in [6, 6.07) is 16.5. The number of amides is 1. The zero-order valence-corrected chi connectivity index (χ0v) is 14.4. The van der Waals surface area contributed by atoms with Gasteiger partial charge in [-0.15, -0.1) is 0 Å². The molecule has 1 atom stereocenters. The molecule has 0 saturated carbocycles. The monoisotopic (exact) mass is 359 g/mol. The highest BCUT2D eigenvalue weighted by atomic mass is 16.2. The van der Waals surface area contributed by atoms with E-state index in [4.69, 9.17) is 0 Å². The summed E-state index contributed by atoms with van der Waals surface area (Å²) < 4.78 is 1.57. The second kappa shape index (κ2) is 7.25. The van der Waals surface area contributed by atoms with Crippen LogP contribution in [0.25, 0.3) is 17.0 Å². The van der Waals surface area contributed by atoms with Gasteiger partial charge in [0.25, 0.3) is 5.91 Å². The van der Waals surface area contributed by atoms with E-state index in [0.717, 1.165) is 22.9 Å². The zero-order valence-electron chi connectivity index (χ0n) is 14.4. The molecule has 7 nitrogen and oxygen atoms in total. The number of aldehydes is 1. The van der Waals surface area contributed by atoms with Crippen molar-refractivity contribution in [2.75, 3.05) is 0 Å². The Bertz CT molecular complexity index is 1050. The fourth-order valence-electron chi connectivity index (χ4n) is 2.93. The Kier molecular flexibility index (Phi) is 4.49. The smallest absolute Gasteiger partial charge is 0.270 e. The zero-order chi connectivity index (χ0) is 18.6. The van der Waals surface area contributed by atoms with E-state index in [1.165, 1.54) is 12.5 Å². The van der Waals surface area contributed by atoms with Gasteiger partial charge in [-0.3, -0.25) is 9.36 Å². The highest BCUT2D eigenvalue weighted by Crippen LogP contribution is 2.15. The van der Waals surface area contributed by atoms with Crippen molar-refractivity contribution in [3.8, 4) is 5.95 Å². The maximum Gasteiger partial charge on any atom is 0.270 e. The minimum atomic E-state index is -0.626. The summed E-state index contributed by atoms with van der Waals surface area (Å²) in [5.41, 5.74) is 2.93. The van der Waals surface area contributed by atoms with Gasteiger partial charge in [0.1, 0.15) is 18.3 Å². The highest BCUT2D eigenvalue weighted by Gasteiger charge is 2.19. The first kappa shape index (κ1) is 16.7. The lowest BCUT2D eigenvalue weighted by Crippen LogP contribution is -2.38. The topological polar surface area (TPSA) is 92.7 Å². The van der Waals surface area contributed by atoms with Gasteiger partial charge in [0.2, 0.25) is 5.95 Å². The number of H-pyrrole nitrogens is 1. The van der Waals surface area contributed by atoms with Gasteiger partial charge < -0.3 is 15.1 Å². The van der Waals surface area contributed by atoms with Gasteiger partial charge in [-0.2, -0.15) is 0 Å². The maximum atomic E-state index is 12.7. The summed E-state index contributed by atoms with van der Waals surface area (Å²) in [4.78, 5) is 35.8. The number of carbonyl (C=O) groups excluding carboxylic acids is 2. The van der Waals surface area contributed by atoms with Crippen molar-refractivity contribution >= 4 is 23.2 Å². The molecule has 0 aliphatic rings. The number of nitrogens with one attached hydrogen (secondary N) is 2. The van der Waals surface area contributed by atoms with Crippen LogP contribution in [-0.2, 0) is 11.2 Å². The lowest BCUT2D eigenvalue weighted by molar-refractivity contribution is -0.109. The number of imidazole rings is 2. The summed E-state index contributed by atoms with van der Waals surface area (Å²) in [7, 11) is 0. The van der Waals surface area contributed by atoms with E-state index >= 15 is 0 Å². The van der Waals surface area contributed by atoms with Crippen LogP contribution >= 0.6 is 0 Å². The third-order valence-electron chi connectivity index (χ3n) is 4.26. The molecule has 0 bridgehead atoms. The van der Waals surface area contributed by atoms with Gasteiger partial charge >= 0.3 is 0 Å². The Morgan fingerprint density at radius 2 is 1.93 bits per heavy atom. The van der Waals surface area contributed by atoms with E-state index in [-0.39, 0.29) is 5.91 Å². The first-order chi connectivity index (χ1) is 13.2. The molecule has 2 heterocycles. The molecular formula is C20H17N5O2. The van der Waals surface area contributed by atoms with Crippen molar-refractivity contribution in [2.24, 2.45) is 0 Å². The highest BCUT2D eigenvalue weighted by molar-refractivity contribution is 5.94. The number of rotatable bonds is 6. The fourth-order valence-corrected chi connectivity index (χ4v) is 2.93. The molecule has 1 amide bonds. The van der Waals surface area contributed by atoms with E-state index in [9.17, 15) is 9.59 Å². The van der Waals surface area contributed by atoms with Crippen LogP contribution in [0.4, 0.5) is 0 Å². The largest absolute Gasteiger partial charge is 0.341 e. The minimum Gasteiger partial charge on any atom is -0.341 e. The van der Waals surface area contributed by atoms with Crippen LogP contribution in [0.15, 0.2) is 67.1 Å². The average molecular weight is 359 g/mol. The number of para-hydroxylation sites is 2. The summed E-state index contributed by atoms with van der Waals surface area (Å²) in [5.74, 6) is 0.102. The van der Waals surface area contributed by atoms with E-state index in [2.05, 4.69) is 20.3 Å². The first-order valence-electron chi connectivity index (χ1n) is 8.52. The van der Waals surface area contributed by atoms with E-state index in [1.54, 1.807) is 4.57 Å².